The monoisotopic (exact) mass is 265 g/mol. The highest BCUT2D eigenvalue weighted by Crippen LogP contribution is 2.34. The van der Waals surface area contributed by atoms with Crippen molar-refractivity contribution in [2.24, 2.45) is 22.1 Å². The minimum atomic E-state index is 0.432. The first kappa shape index (κ1) is 14.7. The molecule has 0 aromatic heterocycles. The highest BCUT2D eigenvalue weighted by Gasteiger charge is 2.29. The van der Waals surface area contributed by atoms with Crippen LogP contribution >= 0.6 is 0 Å². The molecule has 2 aliphatic rings. The normalized spacial score (nSPS) is 24.8. The maximum Gasteiger partial charge on any atom is 0.191 e. The Morgan fingerprint density at radius 1 is 1.00 bits per heavy atom. The average Bonchev–Trinajstić information content (AvgIpc) is 2.39. The van der Waals surface area contributed by atoms with Gasteiger partial charge in [0.2, 0.25) is 0 Å². The number of aliphatic imine (C=N–C) groups is 1. The van der Waals surface area contributed by atoms with Crippen molar-refractivity contribution < 1.29 is 0 Å². The lowest BCUT2D eigenvalue weighted by Gasteiger charge is -2.39. The molecule has 1 heterocycles. The van der Waals surface area contributed by atoms with Gasteiger partial charge in [-0.1, -0.05) is 40.0 Å². The quantitative estimate of drug-likeness (QED) is 0.583. The molecule has 2 rings (SSSR count). The molecule has 0 aromatic carbocycles. The zero-order chi connectivity index (χ0) is 13.9. The van der Waals surface area contributed by atoms with Crippen LogP contribution in [0.15, 0.2) is 4.99 Å². The average molecular weight is 265 g/mol. The zero-order valence-electron chi connectivity index (χ0n) is 13.0. The van der Waals surface area contributed by atoms with E-state index >= 15 is 0 Å². The number of likely N-dealkylation sites (tertiary alicyclic amines) is 1. The van der Waals surface area contributed by atoms with Crippen molar-refractivity contribution in [1.29, 1.82) is 0 Å². The first-order valence-corrected chi connectivity index (χ1v) is 8.05. The molecule has 0 amide bonds. The summed E-state index contributed by atoms with van der Waals surface area (Å²) in [6, 6.07) is 0.495. The molecule has 19 heavy (non-hydrogen) atoms. The van der Waals surface area contributed by atoms with E-state index < -0.39 is 0 Å². The number of hydrogen-bond acceptors (Lipinski definition) is 1. The van der Waals surface area contributed by atoms with E-state index in [9.17, 15) is 0 Å². The van der Waals surface area contributed by atoms with Gasteiger partial charge in [0.1, 0.15) is 0 Å². The van der Waals surface area contributed by atoms with Gasteiger partial charge >= 0.3 is 0 Å². The molecule has 1 aliphatic carbocycles. The minimum Gasteiger partial charge on any atom is -0.370 e. The number of nitrogens with two attached hydrogens (primary N) is 1. The molecule has 3 heteroatoms. The Balaban J connectivity index is 1.84. The van der Waals surface area contributed by atoms with E-state index in [4.69, 9.17) is 10.7 Å². The number of hydrogen-bond donors (Lipinski definition) is 1. The Hall–Kier alpha value is -0.730. The highest BCUT2D eigenvalue weighted by atomic mass is 15.3. The van der Waals surface area contributed by atoms with Crippen LogP contribution in [0.1, 0.15) is 65.7 Å². The van der Waals surface area contributed by atoms with Crippen molar-refractivity contribution in [2.75, 3.05) is 13.1 Å². The predicted molar refractivity (Wildman–Crippen MR) is 82.2 cm³/mol. The lowest BCUT2D eigenvalue weighted by molar-refractivity contribution is 0.148. The third-order valence-electron chi connectivity index (χ3n) is 4.93. The van der Waals surface area contributed by atoms with Gasteiger partial charge in [0.25, 0.3) is 0 Å². The van der Waals surface area contributed by atoms with Crippen molar-refractivity contribution in [3.05, 3.63) is 0 Å². The van der Waals surface area contributed by atoms with Gasteiger partial charge in [-0.25, -0.2) is 4.99 Å². The summed E-state index contributed by atoms with van der Waals surface area (Å²) in [5.41, 5.74) is 6.64. The fourth-order valence-corrected chi connectivity index (χ4v) is 3.45. The summed E-state index contributed by atoms with van der Waals surface area (Å²) < 4.78 is 0. The molecule has 0 unspecified atom stereocenters. The summed E-state index contributed by atoms with van der Waals surface area (Å²) in [7, 11) is 0. The Bertz CT molecular complexity index is 302. The van der Waals surface area contributed by atoms with Gasteiger partial charge in [0.15, 0.2) is 5.96 Å². The molecule has 0 aromatic rings. The van der Waals surface area contributed by atoms with E-state index in [0.717, 1.165) is 25.0 Å². The second-order valence-corrected chi connectivity index (χ2v) is 7.41. The number of nitrogens with zero attached hydrogens (tertiary/aromatic N) is 2. The van der Waals surface area contributed by atoms with E-state index in [1.165, 1.54) is 44.9 Å². The van der Waals surface area contributed by atoms with E-state index in [1.807, 2.05) is 0 Å². The first-order chi connectivity index (χ1) is 8.97. The van der Waals surface area contributed by atoms with Gasteiger partial charge in [-0.05, 0) is 37.0 Å². The smallest absolute Gasteiger partial charge is 0.191 e. The van der Waals surface area contributed by atoms with Crippen LogP contribution in [0.25, 0.3) is 0 Å². The number of piperidine rings is 1. The summed E-state index contributed by atoms with van der Waals surface area (Å²) in [4.78, 5) is 7.07. The first-order valence-electron chi connectivity index (χ1n) is 8.05. The molecular formula is C16H31N3. The van der Waals surface area contributed by atoms with Gasteiger partial charge in [0, 0.05) is 13.1 Å². The Morgan fingerprint density at radius 2 is 1.58 bits per heavy atom. The maximum atomic E-state index is 6.21. The topological polar surface area (TPSA) is 41.6 Å². The van der Waals surface area contributed by atoms with Crippen molar-refractivity contribution in [2.45, 2.75) is 71.8 Å². The number of guanidine groups is 1. The van der Waals surface area contributed by atoms with Crippen LogP contribution in [0.4, 0.5) is 0 Å². The van der Waals surface area contributed by atoms with E-state index in [-0.39, 0.29) is 0 Å². The van der Waals surface area contributed by atoms with E-state index in [1.54, 1.807) is 0 Å². The summed E-state index contributed by atoms with van der Waals surface area (Å²) in [5.74, 6) is 1.63. The van der Waals surface area contributed by atoms with Gasteiger partial charge in [-0.2, -0.15) is 0 Å². The van der Waals surface area contributed by atoms with Crippen LogP contribution in [0.2, 0.25) is 0 Å². The van der Waals surface area contributed by atoms with Crippen LogP contribution in [-0.4, -0.2) is 30.0 Å². The molecule has 0 bridgehead atoms. The predicted octanol–water partition coefficient (Wildman–Crippen LogP) is 3.39. The molecule has 1 saturated carbocycles. The standard InChI is InChI=1S/C16H31N3/c1-16(2,3)13-9-11-19(12-10-13)15(17)18-14-7-5-4-6-8-14/h13-14H,4-12H2,1-3H3,(H2,17,18). The molecular weight excluding hydrogens is 234 g/mol. The van der Waals surface area contributed by atoms with Gasteiger partial charge in [0.05, 0.1) is 6.04 Å². The van der Waals surface area contributed by atoms with E-state index in [2.05, 4.69) is 25.7 Å². The zero-order valence-corrected chi connectivity index (χ0v) is 13.0. The second-order valence-electron chi connectivity index (χ2n) is 7.41. The fraction of sp³-hybridized carbons (Fsp3) is 0.938. The highest BCUT2D eigenvalue weighted by molar-refractivity contribution is 5.78. The summed E-state index contributed by atoms with van der Waals surface area (Å²) in [6.07, 6.45) is 9.01. The molecule has 0 spiro atoms. The van der Waals surface area contributed by atoms with Crippen molar-refractivity contribution in [3.63, 3.8) is 0 Å². The van der Waals surface area contributed by atoms with Gasteiger partial charge in [-0.3, -0.25) is 0 Å². The minimum absolute atomic E-state index is 0.432. The largest absolute Gasteiger partial charge is 0.370 e. The fourth-order valence-electron chi connectivity index (χ4n) is 3.45. The molecule has 2 fully saturated rings. The van der Waals surface area contributed by atoms with Crippen molar-refractivity contribution in [3.8, 4) is 0 Å². The van der Waals surface area contributed by atoms with Crippen LogP contribution in [-0.2, 0) is 0 Å². The Morgan fingerprint density at radius 3 is 2.11 bits per heavy atom. The Labute approximate surface area is 118 Å². The molecule has 1 aliphatic heterocycles. The summed E-state index contributed by atoms with van der Waals surface area (Å²) >= 11 is 0. The number of rotatable bonds is 1. The van der Waals surface area contributed by atoms with Gasteiger partial charge in [-0.15, -0.1) is 0 Å². The van der Waals surface area contributed by atoms with Crippen LogP contribution in [0.5, 0.6) is 0 Å². The second kappa shape index (κ2) is 6.15. The third-order valence-corrected chi connectivity index (χ3v) is 4.93. The van der Waals surface area contributed by atoms with Crippen molar-refractivity contribution in [1.82, 2.24) is 4.90 Å². The van der Waals surface area contributed by atoms with E-state index in [0.29, 0.717) is 11.5 Å². The van der Waals surface area contributed by atoms with Crippen molar-refractivity contribution >= 4 is 5.96 Å². The molecule has 1 saturated heterocycles. The molecule has 110 valence electrons. The van der Waals surface area contributed by atoms with Gasteiger partial charge < -0.3 is 10.6 Å². The summed E-state index contributed by atoms with van der Waals surface area (Å²) in [5, 5.41) is 0. The lowest BCUT2D eigenvalue weighted by Crippen LogP contribution is -2.45. The lowest BCUT2D eigenvalue weighted by atomic mass is 9.75. The van der Waals surface area contributed by atoms with Crippen LogP contribution in [0.3, 0.4) is 0 Å². The molecule has 2 N–H and O–H groups in total. The third kappa shape index (κ3) is 4.12. The summed E-state index contributed by atoms with van der Waals surface area (Å²) in [6.45, 7) is 9.24. The molecule has 3 nitrogen and oxygen atoms in total. The van der Waals surface area contributed by atoms with Crippen LogP contribution < -0.4 is 5.73 Å². The molecule has 0 atom stereocenters. The SMILES string of the molecule is CC(C)(C)C1CCN(C(N)=NC2CCCCC2)CC1. The Kier molecular flexibility index (Phi) is 4.75. The maximum absolute atomic E-state index is 6.21. The molecule has 0 radical (unpaired) electrons. The van der Waals surface area contributed by atoms with Crippen LogP contribution in [0, 0.1) is 11.3 Å².